The van der Waals surface area contributed by atoms with Crippen molar-refractivity contribution in [1.29, 1.82) is 0 Å². The van der Waals surface area contributed by atoms with Gasteiger partial charge in [0.25, 0.3) is 0 Å². The molecule has 0 amide bonds. The molecule has 0 saturated heterocycles. The van der Waals surface area contributed by atoms with Gasteiger partial charge in [0.05, 0.1) is 12.0 Å². The van der Waals surface area contributed by atoms with Crippen LogP contribution in [0.25, 0.3) is 0 Å². The summed E-state index contributed by atoms with van der Waals surface area (Å²) in [7, 11) is 1.36. The number of hydrogen-bond donors (Lipinski definition) is 0. The topological polar surface area (TPSA) is 61.6 Å². The lowest BCUT2D eigenvalue weighted by Crippen LogP contribution is -1.95. The molecule has 0 aromatic heterocycles. The second-order valence-corrected chi connectivity index (χ2v) is 3.62. The number of rotatable bonds is 4. The van der Waals surface area contributed by atoms with Gasteiger partial charge in [0, 0.05) is 12.1 Å². The van der Waals surface area contributed by atoms with Gasteiger partial charge >= 0.3 is 5.69 Å². The highest BCUT2D eigenvalue weighted by molar-refractivity contribution is 5.50. The number of nitro benzene ring substituents is 1. The third-order valence-corrected chi connectivity index (χ3v) is 2.41. The number of hydrogen-bond acceptors (Lipinski definition) is 4. The Morgan fingerprint density at radius 3 is 2.53 bits per heavy atom. The molecule has 0 aliphatic carbocycles. The van der Waals surface area contributed by atoms with Crippen LogP contribution < -0.4 is 9.47 Å². The van der Waals surface area contributed by atoms with Crippen molar-refractivity contribution in [2.24, 2.45) is 0 Å². The molecule has 2 aromatic carbocycles. The predicted molar refractivity (Wildman–Crippen MR) is 66.1 cm³/mol. The van der Waals surface area contributed by atoms with Crippen molar-refractivity contribution in [3.05, 3.63) is 58.4 Å². The van der Waals surface area contributed by atoms with Crippen LogP contribution in [0.5, 0.6) is 17.2 Å². The zero-order valence-corrected chi connectivity index (χ0v) is 10.00. The number of halogens is 1. The van der Waals surface area contributed by atoms with Gasteiger partial charge in [-0.1, -0.05) is 12.1 Å². The Hall–Kier alpha value is -2.63. The van der Waals surface area contributed by atoms with Gasteiger partial charge in [0.15, 0.2) is 11.5 Å². The van der Waals surface area contributed by atoms with E-state index in [9.17, 15) is 14.5 Å². The standard InChI is InChI=1S/C13H10FNO4/c1-18-13-8-9(14)6-7-12(13)19-11-5-3-2-4-10(11)15(16)17/h2-8H,1H3. The molecule has 0 aliphatic rings. The molecule has 0 unspecified atom stereocenters. The van der Waals surface area contributed by atoms with Crippen LogP contribution in [-0.4, -0.2) is 12.0 Å². The van der Waals surface area contributed by atoms with Crippen molar-refractivity contribution in [2.45, 2.75) is 0 Å². The van der Waals surface area contributed by atoms with E-state index in [0.717, 1.165) is 6.07 Å². The molecule has 0 spiro atoms. The fourth-order valence-electron chi connectivity index (χ4n) is 1.54. The molecule has 0 heterocycles. The lowest BCUT2D eigenvalue weighted by atomic mass is 10.3. The summed E-state index contributed by atoms with van der Waals surface area (Å²) in [5.41, 5.74) is -0.172. The summed E-state index contributed by atoms with van der Waals surface area (Å²) in [6.07, 6.45) is 0. The molecule has 0 atom stereocenters. The van der Waals surface area contributed by atoms with E-state index < -0.39 is 10.7 Å². The van der Waals surface area contributed by atoms with Gasteiger partial charge < -0.3 is 9.47 Å². The smallest absolute Gasteiger partial charge is 0.311 e. The molecule has 5 nitrogen and oxygen atoms in total. The van der Waals surface area contributed by atoms with Crippen LogP contribution in [-0.2, 0) is 0 Å². The molecule has 19 heavy (non-hydrogen) atoms. The highest BCUT2D eigenvalue weighted by Crippen LogP contribution is 2.36. The van der Waals surface area contributed by atoms with E-state index in [4.69, 9.17) is 9.47 Å². The SMILES string of the molecule is COc1cc(F)ccc1Oc1ccccc1[N+](=O)[O-]. The lowest BCUT2D eigenvalue weighted by Gasteiger charge is -2.10. The zero-order chi connectivity index (χ0) is 13.8. The Bertz CT molecular complexity index is 615. The van der Waals surface area contributed by atoms with Gasteiger partial charge in [-0.25, -0.2) is 4.39 Å². The third-order valence-electron chi connectivity index (χ3n) is 2.41. The first-order valence-electron chi connectivity index (χ1n) is 5.36. The highest BCUT2D eigenvalue weighted by atomic mass is 19.1. The molecule has 0 saturated carbocycles. The van der Waals surface area contributed by atoms with E-state index in [1.54, 1.807) is 6.07 Å². The molecule has 0 aliphatic heterocycles. The van der Waals surface area contributed by atoms with Gasteiger partial charge in [-0.2, -0.15) is 0 Å². The van der Waals surface area contributed by atoms with Crippen molar-refractivity contribution in [3.63, 3.8) is 0 Å². The van der Waals surface area contributed by atoms with E-state index in [0.29, 0.717) is 0 Å². The fourth-order valence-corrected chi connectivity index (χ4v) is 1.54. The maximum absolute atomic E-state index is 13.0. The van der Waals surface area contributed by atoms with Crippen LogP contribution in [0.2, 0.25) is 0 Å². The highest BCUT2D eigenvalue weighted by Gasteiger charge is 2.16. The summed E-state index contributed by atoms with van der Waals surface area (Å²) in [5.74, 6) is -0.0412. The average Bonchev–Trinajstić information content (AvgIpc) is 2.41. The molecular weight excluding hydrogens is 253 g/mol. The summed E-state index contributed by atoms with van der Waals surface area (Å²) in [6.45, 7) is 0. The predicted octanol–water partition coefficient (Wildman–Crippen LogP) is 3.53. The quantitative estimate of drug-likeness (QED) is 0.625. The first-order chi connectivity index (χ1) is 9.11. The minimum Gasteiger partial charge on any atom is -0.493 e. The third kappa shape index (κ3) is 2.79. The molecule has 6 heteroatoms. The summed E-state index contributed by atoms with van der Waals surface area (Å²) in [5, 5.41) is 10.9. The second-order valence-electron chi connectivity index (χ2n) is 3.62. The Morgan fingerprint density at radius 2 is 1.84 bits per heavy atom. The summed E-state index contributed by atoms with van der Waals surface area (Å²) >= 11 is 0. The molecule has 98 valence electrons. The van der Waals surface area contributed by atoms with Gasteiger partial charge in [-0.3, -0.25) is 10.1 Å². The molecule has 0 fully saturated rings. The monoisotopic (exact) mass is 263 g/mol. The van der Waals surface area contributed by atoms with Gasteiger partial charge in [-0.15, -0.1) is 0 Å². The Kier molecular flexibility index (Phi) is 3.61. The maximum Gasteiger partial charge on any atom is 0.311 e. The zero-order valence-electron chi connectivity index (χ0n) is 10.00. The second kappa shape index (κ2) is 5.34. The van der Waals surface area contributed by atoms with E-state index >= 15 is 0 Å². The summed E-state index contributed by atoms with van der Waals surface area (Å²) in [4.78, 5) is 10.3. The van der Waals surface area contributed by atoms with Crippen LogP contribution in [0.3, 0.4) is 0 Å². The summed E-state index contributed by atoms with van der Waals surface area (Å²) in [6, 6.07) is 9.61. The molecule has 0 N–H and O–H groups in total. The van der Waals surface area contributed by atoms with Crippen molar-refractivity contribution in [3.8, 4) is 17.2 Å². The van der Waals surface area contributed by atoms with E-state index in [1.165, 1.54) is 37.4 Å². The van der Waals surface area contributed by atoms with Crippen molar-refractivity contribution in [2.75, 3.05) is 7.11 Å². The Morgan fingerprint density at radius 1 is 1.11 bits per heavy atom. The van der Waals surface area contributed by atoms with Crippen LogP contribution in [0.1, 0.15) is 0 Å². The minimum absolute atomic E-state index is 0.0670. The average molecular weight is 263 g/mol. The molecule has 0 bridgehead atoms. The number of benzene rings is 2. The number of para-hydroxylation sites is 2. The molecule has 2 aromatic rings. The Labute approximate surface area is 108 Å². The van der Waals surface area contributed by atoms with Crippen LogP contribution in [0.4, 0.5) is 10.1 Å². The van der Waals surface area contributed by atoms with Gasteiger partial charge in [0.2, 0.25) is 5.75 Å². The van der Waals surface area contributed by atoms with Crippen LogP contribution in [0, 0.1) is 15.9 Å². The van der Waals surface area contributed by atoms with E-state index in [-0.39, 0.29) is 22.9 Å². The molecular formula is C13H10FNO4. The van der Waals surface area contributed by atoms with Gasteiger partial charge in [0.1, 0.15) is 5.82 Å². The number of methoxy groups -OCH3 is 1. The first kappa shape index (κ1) is 12.8. The van der Waals surface area contributed by atoms with E-state index in [1.807, 2.05) is 0 Å². The lowest BCUT2D eigenvalue weighted by molar-refractivity contribution is -0.385. The fraction of sp³-hybridized carbons (Fsp3) is 0.0769. The number of nitrogens with zero attached hydrogens (tertiary/aromatic N) is 1. The number of ether oxygens (including phenoxy) is 2. The van der Waals surface area contributed by atoms with Crippen molar-refractivity contribution >= 4 is 5.69 Å². The summed E-state index contributed by atoms with van der Waals surface area (Å²) < 4.78 is 23.4. The van der Waals surface area contributed by atoms with Crippen LogP contribution >= 0.6 is 0 Å². The molecule has 0 radical (unpaired) electrons. The normalized spacial score (nSPS) is 10.0. The van der Waals surface area contributed by atoms with Crippen molar-refractivity contribution in [1.82, 2.24) is 0 Å². The van der Waals surface area contributed by atoms with E-state index in [2.05, 4.69) is 0 Å². The molecule has 2 rings (SSSR count). The first-order valence-corrected chi connectivity index (χ1v) is 5.36. The Balaban J connectivity index is 2.39. The number of nitro groups is 1. The van der Waals surface area contributed by atoms with Gasteiger partial charge in [-0.05, 0) is 18.2 Å². The minimum atomic E-state index is -0.550. The van der Waals surface area contributed by atoms with Crippen LogP contribution in [0.15, 0.2) is 42.5 Å². The van der Waals surface area contributed by atoms with Crippen molar-refractivity contribution < 1.29 is 18.8 Å². The largest absolute Gasteiger partial charge is 0.493 e. The maximum atomic E-state index is 13.0.